The highest BCUT2D eigenvalue weighted by molar-refractivity contribution is 5.21. The lowest BCUT2D eigenvalue weighted by atomic mass is 9.69. The van der Waals surface area contributed by atoms with E-state index < -0.39 is 0 Å². The average Bonchev–Trinajstić information content (AvgIpc) is 1.93. The monoisotopic (exact) mass is 122 g/mol. The van der Waals surface area contributed by atoms with Crippen LogP contribution in [0, 0.1) is 17.3 Å². The van der Waals surface area contributed by atoms with Gasteiger partial charge in [-0.15, -0.1) is 0 Å². The minimum absolute atomic E-state index is 0.624. The zero-order valence-electron chi connectivity index (χ0n) is 6.22. The molecule has 0 saturated heterocycles. The van der Waals surface area contributed by atoms with E-state index in [1.807, 2.05) is 0 Å². The maximum atomic E-state index is 2.39. The van der Waals surface area contributed by atoms with Crippen molar-refractivity contribution in [2.75, 3.05) is 0 Å². The molecule has 2 rings (SSSR count). The third-order valence-electron chi connectivity index (χ3n) is 3.20. The van der Waals surface area contributed by atoms with Gasteiger partial charge < -0.3 is 0 Å². The Kier molecular flexibility index (Phi) is 0.870. The van der Waals surface area contributed by atoms with Gasteiger partial charge in [0.05, 0.1) is 0 Å². The average molecular weight is 122 g/mol. The molecule has 1 fully saturated rings. The predicted molar refractivity (Wildman–Crippen MR) is 39.1 cm³/mol. The van der Waals surface area contributed by atoms with Gasteiger partial charge in [0.2, 0.25) is 0 Å². The van der Waals surface area contributed by atoms with Crippen molar-refractivity contribution in [2.24, 2.45) is 17.3 Å². The third-order valence-corrected chi connectivity index (χ3v) is 3.20. The number of allylic oxidation sites excluding steroid dienone is 2. The zero-order chi connectivity index (χ0) is 6.48. The molecule has 9 heavy (non-hydrogen) atoms. The fourth-order valence-electron chi connectivity index (χ4n) is 2.34. The number of fused-ring (bicyclic) bond motifs is 1. The summed E-state index contributed by atoms with van der Waals surface area (Å²) in [7, 11) is 0. The molecule has 0 unspecified atom stereocenters. The summed E-state index contributed by atoms with van der Waals surface area (Å²) in [5, 5.41) is 0. The molecule has 50 valence electrons. The summed E-state index contributed by atoms with van der Waals surface area (Å²) in [6.07, 6.45) is 7.64. The van der Waals surface area contributed by atoms with Gasteiger partial charge in [-0.1, -0.05) is 26.0 Å². The molecule has 2 aliphatic rings. The van der Waals surface area contributed by atoms with E-state index in [4.69, 9.17) is 0 Å². The van der Waals surface area contributed by atoms with Gasteiger partial charge in [0.15, 0.2) is 0 Å². The Balaban J connectivity index is 2.25. The molecule has 0 radical (unpaired) electrons. The number of rotatable bonds is 0. The Morgan fingerprint density at radius 2 is 2.33 bits per heavy atom. The first-order valence-corrected chi connectivity index (χ1v) is 3.92. The Labute approximate surface area is 57.0 Å². The molecule has 0 heterocycles. The summed E-state index contributed by atoms with van der Waals surface area (Å²) >= 11 is 0. The van der Waals surface area contributed by atoms with Gasteiger partial charge in [0, 0.05) is 0 Å². The van der Waals surface area contributed by atoms with E-state index >= 15 is 0 Å². The molecule has 0 amide bonds. The summed E-state index contributed by atoms with van der Waals surface area (Å²) in [5.41, 5.74) is 0.624. The molecule has 0 spiro atoms. The molecule has 0 aromatic carbocycles. The summed E-state index contributed by atoms with van der Waals surface area (Å²) in [6, 6.07) is 0. The Morgan fingerprint density at radius 3 is 2.56 bits per heavy atom. The highest BCUT2D eigenvalue weighted by Crippen LogP contribution is 2.54. The van der Waals surface area contributed by atoms with Crippen molar-refractivity contribution in [2.45, 2.75) is 26.7 Å². The van der Waals surface area contributed by atoms with Crippen molar-refractivity contribution in [1.29, 1.82) is 0 Å². The van der Waals surface area contributed by atoms with E-state index in [2.05, 4.69) is 26.0 Å². The van der Waals surface area contributed by atoms with Crippen LogP contribution in [0.1, 0.15) is 26.7 Å². The van der Waals surface area contributed by atoms with Crippen molar-refractivity contribution >= 4 is 0 Å². The molecule has 0 N–H and O–H groups in total. The van der Waals surface area contributed by atoms with Crippen LogP contribution in [0.4, 0.5) is 0 Å². The first kappa shape index (κ1) is 5.52. The zero-order valence-corrected chi connectivity index (χ0v) is 6.22. The SMILES string of the molecule is C[C@@H]1CC[C@@]2(C)C=C[C@@H]12. The van der Waals surface area contributed by atoms with Crippen LogP contribution in [-0.4, -0.2) is 0 Å². The predicted octanol–water partition coefficient (Wildman–Crippen LogP) is 2.61. The second-order valence-electron chi connectivity index (χ2n) is 3.91. The van der Waals surface area contributed by atoms with Crippen molar-refractivity contribution in [3.63, 3.8) is 0 Å². The quantitative estimate of drug-likeness (QED) is 0.433. The van der Waals surface area contributed by atoms with Crippen LogP contribution in [0.25, 0.3) is 0 Å². The van der Waals surface area contributed by atoms with E-state index in [1.54, 1.807) is 0 Å². The molecule has 0 bridgehead atoms. The molecule has 0 aromatic rings. The highest BCUT2D eigenvalue weighted by Gasteiger charge is 2.44. The van der Waals surface area contributed by atoms with E-state index in [0.29, 0.717) is 5.41 Å². The number of hydrogen-bond donors (Lipinski definition) is 0. The van der Waals surface area contributed by atoms with Gasteiger partial charge >= 0.3 is 0 Å². The van der Waals surface area contributed by atoms with Gasteiger partial charge in [-0.3, -0.25) is 0 Å². The third kappa shape index (κ3) is 0.540. The van der Waals surface area contributed by atoms with E-state index in [-0.39, 0.29) is 0 Å². The Morgan fingerprint density at radius 1 is 1.56 bits per heavy atom. The lowest BCUT2D eigenvalue weighted by molar-refractivity contribution is 0.282. The second-order valence-corrected chi connectivity index (χ2v) is 3.91. The smallest absolute Gasteiger partial charge is 0.00810 e. The van der Waals surface area contributed by atoms with Gasteiger partial charge in [-0.2, -0.15) is 0 Å². The van der Waals surface area contributed by atoms with Gasteiger partial charge in [-0.25, -0.2) is 0 Å². The van der Waals surface area contributed by atoms with Crippen molar-refractivity contribution in [3.05, 3.63) is 12.2 Å². The molecular weight excluding hydrogens is 108 g/mol. The van der Waals surface area contributed by atoms with Crippen LogP contribution in [-0.2, 0) is 0 Å². The van der Waals surface area contributed by atoms with Crippen molar-refractivity contribution in [3.8, 4) is 0 Å². The van der Waals surface area contributed by atoms with E-state index in [1.165, 1.54) is 12.8 Å². The van der Waals surface area contributed by atoms with Gasteiger partial charge in [0.25, 0.3) is 0 Å². The molecule has 1 saturated carbocycles. The minimum atomic E-state index is 0.624. The number of hydrogen-bond acceptors (Lipinski definition) is 0. The summed E-state index contributed by atoms with van der Waals surface area (Å²) in [4.78, 5) is 0. The fourth-order valence-corrected chi connectivity index (χ4v) is 2.34. The van der Waals surface area contributed by atoms with Gasteiger partial charge in [-0.05, 0) is 30.1 Å². The molecule has 3 atom stereocenters. The maximum Gasteiger partial charge on any atom is -0.00810 e. The lowest BCUT2D eigenvalue weighted by Gasteiger charge is -2.36. The van der Waals surface area contributed by atoms with Crippen LogP contribution in [0.2, 0.25) is 0 Å². The first-order valence-electron chi connectivity index (χ1n) is 3.92. The maximum absolute atomic E-state index is 2.39. The lowest BCUT2D eigenvalue weighted by Crippen LogP contribution is -2.27. The highest BCUT2D eigenvalue weighted by atomic mass is 14.5. The summed E-state index contributed by atoms with van der Waals surface area (Å²) in [5.74, 6) is 1.89. The van der Waals surface area contributed by atoms with Crippen LogP contribution >= 0.6 is 0 Å². The van der Waals surface area contributed by atoms with E-state index in [0.717, 1.165) is 11.8 Å². The van der Waals surface area contributed by atoms with Crippen LogP contribution in [0.3, 0.4) is 0 Å². The minimum Gasteiger partial charge on any atom is -0.0837 e. The molecule has 0 heteroatoms. The van der Waals surface area contributed by atoms with Crippen LogP contribution in [0.15, 0.2) is 12.2 Å². The Bertz CT molecular complexity index is 157. The molecular formula is C9H14. The largest absolute Gasteiger partial charge is 0.0837 e. The van der Waals surface area contributed by atoms with Crippen molar-refractivity contribution in [1.82, 2.24) is 0 Å². The van der Waals surface area contributed by atoms with Crippen molar-refractivity contribution < 1.29 is 0 Å². The Hall–Kier alpha value is -0.260. The second kappa shape index (κ2) is 1.42. The first-order chi connectivity index (χ1) is 4.22. The summed E-state index contributed by atoms with van der Waals surface area (Å²) < 4.78 is 0. The topological polar surface area (TPSA) is 0 Å². The molecule has 2 aliphatic carbocycles. The fraction of sp³-hybridized carbons (Fsp3) is 0.778. The molecule has 0 nitrogen and oxygen atoms in total. The molecule has 0 aromatic heterocycles. The van der Waals surface area contributed by atoms with Gasteiger partial charge in [0.1, 0.15) is 0 Å². The van der Waals surface area contributed by atoms with Crippen LogP contribution < -0.4 is 0 Å². The van der Waals surface area contributed by atoms with Crippen LogP contribution in [0.5, 0.6) is 0 Å². The standard InChI is InChI=1S/C9H14/c1-7-3-5-9(2)6-4-8(7)9/h4,6-8H,3,5H2,1-2H3/t7-,8+,9+/m1/s1. The summed E-state index contributed by atoms with van der Waals surface area (Å²) in [6.45, 7) is 4.76. The normalized spacial score (nSPS) is 54.9. The van der Waals surface area contributed by atoms with E-state index in [9.17, 15) is 0 Å². The molecule has 0 aliphatic heterocycles.